The Hall–Kier alpha value is -3.56. The van der Waals surface area contributed by atoms with E-state index in [0.29, 0.717) is 36.0 Å². The van der Waals surface area contributed by atoms with E-state index in [1.807, 2.05) is 6.07 Å². The molecular formula is C24H24F3N3O4. The number of methoxy groups -OCH3 is 2. The Kier molecular flexibility index (Phi) is 6.76. The molecule has 1 aromatic heterocycles. The Morgan fingerprint density at radius 1 is 1.09 bits per heavy atom. The Balaban J connectivity index is 1.42. The smallest absolute Gasteiger partial charge is 0.416 e. The number of carbonyl (C=O) groups excluding carboxylic acids is 1. The predicted octanol–water partition coefficient (Wildman–Crippen LogP) is 4.72. The van der Waals surface area contributed by atoms with Gasteiger partial charge in [0.25, 0.3) is 0 Å². The molecule has 0 bridgehead atoms. The maximum absolute atomic E-state index is 12.9. The van der Waals surface area contributed by atoms with Gasteiger partial charge in [0.15, 0.2) is 11.5 Å². The summed E-state index contributed by atoms with van der Waals surface area (Å²) in [4.78, 5) is 14.7. The van der Waals surface area contributed by atoms with Crippen LogP contribution in [-0.2, 0) is 17.4 Å². The van der Waals surface area contributed by atoms with Gasteiger partial charge in [0.2, 0.25) is 17.7 Å². The van der Waals surface area contributed by atoms with Crippen molar-refractivity contribution in [1.82, 2.24) is 15.1 Å². The molecule has 10 heteroatoms. The zero-order valence-corrected chi connectivity index (χ0v) is 18.8. The number of nitrogens with zero attached hydrogens (tertiary/aromatic N) is 3. The summed E-state index contributed by atoms with van der Waals surface area (Å²) in [7, 11) is 3.10. The van der Waals surface area contributed by atoms with Crippen LogP contribution in [0.4, 0.5) is 13.2 Å². The second-order valence-corrected chi connectivity index (χ2v) is 8.07. The van der Waals surface area contributed by atoms with Gasteiger partial charge in [-0.25, -0.2) is 0 Å². The molecule has 1 aliphatic heterocycles. The van der Waals surface area contributed by atoms with Crippen molar-refractivity contribution in [2.75, 3.05) is 27.3 Å². The molecule has 0 aliphatic carbocycles. The van der Waals surface area contributed by atoms with Crippen LogP contribution < -0.4 is 9.47 Å². The lowest BCUT2D eigenvalue weighted by atomic mass is 9.97. The van der Waals surface area contributed by atoms with Crippen molar-refractivity contribution in [2.45, 2.75) is 31.4 Å². The Morgan fingerprint density at radius 2 is 1.82 bits per heavy atom. The number of carbonyl (C=O) groups is 1. The number of alkyl halides is 3. The lowest BCUT2D eigenvalue weighted by molar-refractivity contribution is -0.137. The van der Waals surface area contributed by atoms with Crippen LogP contribution in [-0.4, -0.2) is 48.3 Å². The largest absolute Gasteiger partial charge is 0.493 e. The van der Waals surface area contributed by atoms with Crippen molar-refractivity contribution in [3.05, 3.63) is 59.5 Å². The van der Waals surface area contributed by atoms with Gasteiger partial charge in [0.05, 0.1) is 32.1 Å². The number of ether oxygens (including phenoxy) is 2. The number of amides is 1. The first-order valence-electron chi connectivity index (χ1n) is 10.8. The molecule has 3 aromatic rings. The maximum atomic E-state index is 12.9. The minimum Gasteiger partial charge on any atom is -0.493 e. The van der Waals surface area contributed by atoms with Crippen LogP contribution in [0.15, 0.2) is 46.9 Å². The molecule has 1 unspecified atom stereocenters. The highest BCUT2D eigenvalue weighted by atomic mass is 19.4. The monoisotopic (exact) mass is 475 g/mol. The Morgan fingerprint density at radius 3 is 2.50 bits per heavy atom. The van der Waals surface area contributed by atoms with Gasteiger partial charge in [-0.2, -0.15) is 13.2 Å². The number of benzene rings is 2. The molecule has 0 saturated carbocycles. The molecule has 0 spiro atoms. The van der Waals surface area contributed by atoms with E-state index >= 15 is 0 Å². The molecule has 180 valence electrons. The molecule has 0 radical (unpaired) electrons. The molecule has 34 heavy (non-hydrogen) atoms. The SMILES string of the molecule is COc1ccc(CC(=O)N2CCCC(c3nnc(-c4ccc(C(F)(F)F)cc4)o3)C2)cc1OC. The molecule has 1 saturated heterocycles. The van der Waals surface area contributed by atoms with Crippen molar-refractivity contribution in [3.8, 4) is 23.0 Å². The van der Waals surface area contributed by atoms with Gasteiger partial charge in [0.1, 0.15) is 0 Å². The topological polar surface area (TPSA) is 77.7 Å². The fraction of sp³-hybridized carbons (Fsp3) is 0.375. The molecule has 4 rings (SSSR count). The van der Waals surface area contributed by atoms with Gasteiger partial charge in [-0.1, -0.05) is 6.07 Å². The molecule has 1 aliphatic rings. The first kappa shape index (κ1) is 23.6. The number of piperidine rings is 1. The normalized spacial score (nSPS) is 16.4. The third kappa shape index (κ3) is 5.16. The average molecular weight is 475 g/mol. The summed E-state index contributed by atoms with van der Waals surface area (Å²) >= 11 is 0. The second-order valence-electron chi connectivity index (χ2n) is 8.07. The van der Waals surface area contributed by atoms with E-state index in [1.165, 1.54) is 12.1 Å². The van der Waals surface area contributed by atoms with E-state index in [9.17, 15) is 18.0 Å². The van der Waals surface area contributed by atoms with E-state index in [2.05, 4.69) is 10.2 Å². The van der Waals surface area contributed by atoms with Crippen molar-refractivity contribution in [1.29, 1.82) is 0 Å². The highest BCUT2D eigenvalue weighted by molar-refractivity contribution is 5.79. The van der Waals surface area contributed by atoms with Gasteiger partial charge >= 0.3 is 6.18 Å². The number of likely N-dealkylation sites (tertiary alicyclic amines) is 1. The molecule has 0 N–H and O–H groups in total. The standard InChI is InChI=1S/C24H24F3N3O4/c1-32-19-10-5-15(12-20(19)33-2)13-21(31)30-11-3-4-17(14-30)23-29-28-22(34-23)16-6-8-18(9-7-16)24(25,26)27/h5-10,12,17H,3-4,11,13-14H2,1-2H3. The number of rotatable bonds is 6. The average Bonchev–Trinajstić information content (AvgIpc) is 3.34. The summed E-state index contributed by atoms with van der Waals surface area (Å²) in [6.07, 6.45) is -2.64. The van der Waals surface area contributed by atoms with Crippen LogP contribution in [0.3, 0.4) is 0 Å². The number of hydrogen-bond donors (Lipinski definition) is 0. The number of hydrogen-bond acceptors (Lipinski definition) is 6. The van der Waals surface area contributed by atoms with Crippen LogP contribution >= 0.6 is 0 Å². The first-order chi connectivity index (χ1) is 16.3. The quantitative estimate of drug-likeness (QED) is 0.514. The number of halogens is 3. The lowest BCUT2D eigenvalue weighted by Crippen LogP contribution is -2.40. The molecule has 1 amide bonds. The van der Waals surface area contributed by atoms with Crippen LogP contribution in [0, 0.1) is 0 Å². The van der Waals surface area contributed by atoms with E-state index in [0.717, 1.165) is 30.5 Å². The molecule has 1 atom stereocenters. The van der Waals surface area contributed by atoms with E-state index < -0.39 is 11.7 Å². The zero-order chi connectivity index (χ0) is 24.3. The van der Waals surface area contributed by atoms with Crippen molar-refractivity contribution in [3.63, 3.8) is 0 Å². The maximum Gasteiger partial charge on any atom is 0.416 e. The predicted molar refractivity (Wildman–Crippen MR) is 117 cm³/mol. The van der Waals surface area contributed by atoms with Crippen LogP contribution in [0.5, 0.6) is 11.5 Å². The fourth-order valence-electron chi connectivity index (χ4n) is 4.00. The van der Waals surface area contributed by atoms with Crippen LogP contribution in [0.25, 0.3) is 11.5 Å². The molecule has 7 nitrogen and oxygen atoms in total. The van der Waals surface area contributed by atoms with Crippen molar-refractivity contribution >= 4 is 5.91 Å². The van der Waals surface area contributed by atoms with Crippen molar-refractivity contribution < 1.29 is 31.9 Å². The van der Waals surface area contributed by atoms with E-state index in [1.54, 1.807) is 31.3 Å². The molecular weight excluding hydrogens is 451 g/mol. The Bertz CT molecular complexity index is 1150. The molecule has 2 heterocycles. The summed E-state index contributed by atoms with van der Waals surface area (Å²) in [5.41, 5.74) is 0.475. The summed E-state index contributed by atoms with van der Waals surface area (Å²) in [6.45, 7) is 1.06. The van der Waals surface area contributed by atoms with Crippen LogP contribution in [0.1, 0.15) is 35.8 Å². The van der Waals surface area contributed by atoms with E-state index in [-0.39, 0.29) is 24.1 Å². The minimum absolute atomic E-state index is 0.0283. The second kappa shape index (κ2) is 9.74. The van der Waals surface area contributed by atoms with Gasteiger partial charge in [-0.15, -0.1) is 10.2 Å². The lowest BCUT2D eigenvalue weighted by Gasteiger charge is -2.31. The summed E-state index contributed by atoms with van der Waals surface area (Å²) in [5, 5.41) is 8.10. The van der Waals surface area contributed by atoms with Crippen molar-refractivity contribution in [2.24, 2.45) is 0 Å². The van der Waals surface area contributed by atoms with Gasteiger partial charge in [0, 0.05) is 18.7 Å². The summed E-state index contributed by atoms with van der Waals surface area (Å²) < 4.78 is 54.7. The first-order valence-corrected chi connectivity index (χ1v) is 10.8. The number of aromatic nitrogens is 2. The van der Waals surface area contributed by atoms with Gasteiger partial charge in [-0.3, -0.25) is 4.79 Å². The highest BCUT2D eigenvalue weighted by Gasteiger charge is 2.31. The van der Waals surface area contributed by atoms with Gasteiger partial charge < -0.3 is 18.8 Å². The molecule has 2 aromatic carbocycles. The van der Waals surface area contributed by atoms with Gasteiger partial charge in [-0.05, 0) is 54.8 Å². The highest BCUT2D eigenvalue weighted by Crippen LogP contribution is 2.33. The third-order valence-electron chi connectivity index (χ3n) is 5.83. The fourth-order valence-corrected chi connectivity index (χ4v) is 4.00. The van der Waals surface area contributed by atoms with Crippen LogP contribution in [0.2, 0.25) is 0 Å². The summed E-state index contributed by atoms with van der Waals surface area (Å²) in [6, 6.07) is 9.95. The minimum atomic E-state index is -4.41. The zero-order valence-electron chi connectivity index (χ0n) is 18.8. The molecule has 1 fully saturated rings. The third-order valence-corrected chi connectivity index (χ3v) is 5.83. The Labute approximate surface area is 194 Å². The van der Waals surface area contributed by atoms with E-state index in [4.69, 9.17) is 13.9 Å². The summed E-state index contributed by atoms with van der Waals surface area (Å²) in [5.74, 6) is 1.51.